The van der Waals surface area contributed by atoms with E-state index in [1.165, 1.54) is 19.3 Å². The Morgan fingerprint density at radius 3 is 2.44 bits per heavy atom. The Hall–Kier alpha value is -2.69. The van der Waals surface area contributed by atoms with E-state index in [2.05, 4.69) is 17.6 Å². The van der Waals surface area contributed by atoms with E-state index in [4.69, 9.17) is 9.47 Å². The fourth-order valence-corrected chi connectivity index (χ4v) is 2.61. The molecule has 27 heavy (non-hydrogen) atoms. The minimum atomic E-state index is -0.111. The number of hydrogen-bond donors (Lipinski definition) is 2. The van der Waals surface area contributed by atoms with Gasteiger partial charge in [-0.2, -0.15) is 0 Å². The predicted molar refractivity (Wildman–Crippen MR) is 111 cm³/mol. The number of nitrogens with one attached hydrogen (secondary N) is 2. The largest absolute Gasteiger partial charge is 0.494 e. The Bertz CT molecular complexity index is 686. The first-order valence-corrected chi connectivity index (χ1v) is 9.70. The summed E-state index contributed by atoms with van der Waals surface area (Å²) in [4.78, 5) is 12.1. The Labute approximate surface area is 162 Å². The maximum Gasteiger partial charge on any atom is 0.243 e. The van der Waals surface area contributed by atoms with E-state index < -0.39 is 0 Å². The van der Waals surface area contributed by atoms with Gasteiger partial charge in [-0.1, -0.05) is 32.3 Å². The molecule has 5 nitrogen and oxygen atoms in total. The normalized spacial score (nSPS) is 10.3. The molecule has 0 aliphatic heterocycles. The van der Waals surface area contributed by atoms with Crippen LogP contribution in [0.4, 0.5) is 11.4 Å². The number of carbonyl (C=O) groups excluding carboxylic acids is 1. The molecule has 0 radical (unpaired) electrons. The number of anilines is 2. The number of amides is 1. The number of hydrogen-bond acceptors (Lipinski definition) is 4. The number of rotatable bonds is 12. The molecule has 2 rings (SSSR count). The molecule has 2 N–H and O–H groups in total. The van der Waals surface area contributed by atoms with E-state index in [1.54, 1.807) is 0 Å². The van der Waals surface area contributed by atoms with Gasteiger partial charge >= 0.3 is 0 Å². The predicted octanol–water partition coefficient (Wildman–Crippen LogP) is 5.10. The molecule has 0 aliphatic carbocycles. The van der Waals surface area contributed by atoms with Crippen molar-refractivity contribution in [1.82, 2.24) is 0 Å². The van der Waals surface area contributed by atoms with Gasteiger partial charge in [-0.15, -0.1) is 0 Å². The van der Waals surface area contributed by atoms with Crippen molar-refractivity contribution < 1.29 is 14.3 Å². The Balaban J connectivity index is 1.72. The molecule has 0 saturated heterocycles. The monoisotopic (exact) mass is 370 g/mol. The van der Waals surface area contributed by atoms with E-state index in [0.29, 0.717) is 6.61 Å². The zero-order chi connectivity index (χ0) is 19.3. The van der Waals surface area contributed by atoms with Gasteiger partial charge in [0.2, 0.25) is 5.91 Å². The van der Waals surface area contributed by atoms with Crippen molar-refractivity contribution >= 4 is 17.3 Å². The molecule has 2 aromatic rings. The first-order valence-electron chi connectivity index (χ1n) is 9.70. The Morgan fingerprint density at radius 1 is 0.889 bits per heavy atom. The zero-order valence-electron chi connectivity index (χ0n) is 16.3. The van der Waals surface area contributed by atoms with Crippen LogP contribution in [0.1, 0.15) is 39.5 Å². The standard InChI is InChI=1S/C22H30N2O3/c1-3-5-6-7-15-27-20-13-11-18(12-14-20)23-17-22(25)24-19-9-8-10-21(16-19)26-4-2/h8-14,16,23H,3-7,15,17H2,1-2H3,(H,24,25). The second-order valence-electron chi connectivity index (χ2n) is 6.30. The topological polar surface area (TPSA) is 59.6 Å². The van der Waals surface area contributed by atoms with E-state index >= 15 is 0 Å². The van der Waals surface area contributed by atoms with Crippen molar-refractivity contribution in [2.45, 2.75) is 39.5 Å². The molecule has 0 spiro atoms. The van der Waals surface area contributed by atoms with Crippen LogP contribution < -0.4 is 20.1 Å². The van der Waals surface area contributed by atoms with Crippen molar-refractivity contribution in [3.63, 3.8) is 0 Å². The lowest BCUT2D eigenvalue weighted by atomic mass is 10.2. The fourth-order valence-electron chi connectivity index (χ4n) is 2.61. The molecule has 0 aromatic heterocycles. The smallest absolute Gasteiger partial charge is 0.243 e. The minimum Gasteiger partial charge on any atom is -0.494 e. The van der Waals surface area contributed by atoms with Crippen LogP contribution >= 0.6 is 0 Å². The number of unbranched alkanes of at least 4 members (excludes halogenated alkanes) is 3. The molecule has 0 bridgehead atoms. The lowest BCUT2D eigenvalue weighted by Crippen LogP contribution is -2.21. The molecular formula is C22H30N2O3. The van der Waals surface area contributed by atoms with Gasteiger partial charge in [0.15, 0.2) is 0 Å². The van der Waals surface area contributed by atoms with Crippen molar-refractivity contribution in [1.29, 1.82) is 0 Å². The third kappa shape index (κ3) is 8.03. The minimum absolute atomic E-state index is 0.111. The molecule has 0 fully saturated rings. The van der Waals surface area contributed by atoms with Crippen LogP contribution in [0.5, 0.6) is 11.5 Å². The quantitative estimate of drug-likeness (QED) is 0.511. The van der Waals surface area contributed by atoms with Gasteiger partial charge in [0.05, 0.1) is 19.8 Å². The molecule has 5 heteroatoms. The second-order valence-corrected chi connectivity index (χ2v) is 6.30. The summed E-state index contributed by atoms with van der Waals surface area (Å²) in [5.74, 6) is 1.49. The average Bonchev–Trinajstić information content (AvgIpc) is 2.68. The maximum absolute atomic E-state index is 12.1. The fraction of sp³-hybridized carbons (Fsp3) is 0.409. The summed E-state index contributed by atoms with van der Waals surface area (Å²) in [6.45, 7) is 5.66. The van der Waals surface area contributed by atoms with Crippen LogP contribution in [0.25, 0.3) is 0 Å². The highest BCUT2D eigenvalue weighted by Crippen LogP contribution is 2.18. The summed E-state index contributed by atoms with van der Waals surface area (Å²) in [6.07, 6.45) is 4.77. The van der Waals surface area contributed by atoms with Crippen LogP contribution in [0, 0.1) is 0 Å². The zero-order valence-corrected chi connectivity index (χ0v) is 16.3. The maximum atomic E-state index is 12.1. The molecule has 0 aliphatic rings. The molecule has 0 heterocycles. The summed E-state index contributed by atoms with van der Waals surface area (Å²) in [5, 5.41) is 5.98. The lowest BCUT2D eigenvalue weighted by molar-refractivity contribution is -0.114. The number of benzene rings is 2. The van der Waals surface area contributed by atoms with E-state index in [0.717, 1.165) is 35.9 Å². The van der Waals surface area contributed by atoms with E-state index in [-0.39, 0.29) is 12.5 Å². The Kier molecular flexibility index (Phi) is 9.04. The average molecular weight is 370 g/mol. The number of carbonyl (C=O) groups is 1. The highest BCUT2D eigenvalue weighted by molar-refractivity contribution is 5.93. The molecule has 2 aromatic carbocycles. The number of ether oxygens (including phenoxy) is 2. The first-order chi connectivity index (χ1) is 13.2. The van der Waals surface area contributed by atoms with Crippen LogP contribution in [-0.4, -0.2) is 25.7 Å². The molecule has 0 unspecified atom stereocenters. The van der Waals surface area contributed by atoms with Crippen molar-refractivity contribution in [2.24, 2.45) is 0 Å². The summed E-state index contributed by atoms with van der Waals surface area (Å²) >= 11 is 0. The molecule has 1 amide bonds. The summed E-state index contributed by atoms with van der Waals surface area (Å²) in [5.41, 5.74) is 1.60. The van der Waals surface area contributed by atoms with Gasteiger partial charge in [0.1, 0.15) is 11.5 Å². The van der Waals surface area contributed by atoms with Gasteiger partial charge in [0, 0.05) is 17.4 Å². The third-order valence-electron chi connectivity index (χ3n) is 4.00. The first kappa shape index (κ1) is 20.6. The Morgan fingerprint density at radius 2 is 1.70 bits per heavy atom. The van der Waals surface area contributed by atoms with Crippen LogP contribution in [0.3, 0.4) is 0 Å². The van der Waals surface area contributed by atoms with Gasteiger partial charge in [-0.05, 0) is 49.7 Å². The summed E-state index contributed by atoms with van der Waals surface area (Å²) in [7, 11) is 0. The lowest BCUT2D eigenvalue weighted by Gasteiger charge is -2.10. The van der Waals surface area contributed by atoms with Crippen LogP contribution in [0.2, 0.25) is 0 Å². The van der Waals surface area contributed by atoms with Gasteiger partial charge in [-0.3, -0.25) is 4.79 Å². The van der Waals surface area contributed by atoms with Crippen LogP contribution in [0.15, 0.2) is 48.5 Å². The van der Waals surface area contributed by atoms with Crippen LogP contribution in [-0.2, 0) is 4.79 Å². The van der Waals surface area contributed by atoms with E-state index in [1.807, 2.05) is 55.5 Å². The van der Waals surface area contributed by atoms with Gasteiger partial charge in [0.25, 0.3) is 0 Å². The molecule has 0 saturated carbocycles. The summed E-state index contributed by atoms with van der Waals surface area (Å²) in [6, 6.07) is 15.1. The van der Waals surface area contributed by atoms with Gasteiger partial charge < -0.3 is 20.1 Å². The van der Waals surface area contributed by atoms with E-state index in [9.17, 15) is 4.79 Å². The van der Waals surface area contributed by atoms with Crippen molar-refractivity contribution in [3.05, 3.63) is 48.5 Å². The highest BCUT2D eigenvalue weighted by atomic mass is 16.5. The second kappa shape index (κ2) is 11.8. The van der Waals surface area contributed by atoms with Gasteiger partial charge in [-0.25, -0.2) is 0 Å². The summed E-state index contributed by atoms with van der Waals surface area (Å²) < 4.78 is 11.2. The van der Waals surface area contributed by atoms with Crippen molar-refractivity contribution in [3.8, 4) is 11.5 Å². The SMILES string of the molecule is CCCCCCOc1ccc(NCC(=O)Nc2cccc(OCC)c2)cc1. The van der Waals surface area contributed by atoms with Crippen molar-refractivity contribution in [2.75, 3.05) is 30.4 Å². The third-order valence-corrected chi connectivity index (χ3v) is 4.00. The molecule has 146 valence electrons. The highest BCUT2D eigenvalue weighted by Gasteiger charge is 2.04. The molecular weight excluding hydrogens is 340 g/mol. The molecule has 0 atom stereocenters.